The van der Waals surface area contributed by atoms with Crippen molar-refractivity contribution in [3.63, 3.8) is 0 Å². The molecule has 0 saturated carbocycles. The molecule has 3 amide bonds. The van der Waals surface area contributed by atoms with Crippen LogP contribution in [0.15, 0.2) is 141 Å². The summed E-state index contributed by atoms with van der Waals surface area (Å²) in [7, 11) is 6.35. The number of alkyl halides is 3. The second kappa shape index (κ2) is 40.9. The Morgan fingerprint density at radius 1 is 0.480 bits per heavy atom. The fraction of sp³-hybridized carbons (Fsp3) is 0.474. The van der Waals surface area contributed by atoms with Crippen LogP contribution in [0.3, 0.4) is 0 Å². The van der Waals surface area contributed by atoms with E-state index in [9.17, 15) is 37.2 Å². The number of amides is 3. The van der Waals surface area contributed by atoms with Crippen molar-refractivity contribution < 1.29 is 50.9 Å². The maximum Gasteiger partial charge on any atom is 0.573 e. The molecular formula is C95H111F4N21O7. The van der Waals surface area contributed by atoms with Gasteiger partial charge in [-0.3, -0.25) is 14.4 Å². The first-order valence-corrected chi connectivity index (χ1v) is 44.1. The van der Waals surface area contributed by atoms with Crippen molar-refractivity contribution in [3.05, 3.63) is 204 Å². The molecule has 8 aromatic rings. The number of likely N-dealkylation sites (N-methyl/N-ethyl adjacent to an activating group) is 1. The Morgan fingerprint density at radius 3 is 1.30 bits per heavy atom. The first kappa shape index (κ1) is 89.4. The van der Waals surface area contributed by atoms with Gasteiger partial charge in [0.25, 0.3) is 0 Å². The second-order valence-electron chi connectivity index (χ2n) is 34.2. The maximum absolute atomic E-state index is 14.2. The number of carbonyl (C=O) groups excluding carboxylic acids is 3. The molecule has 6 fully saturated rings. The van der Waals surface area contributed by atoms with Crippen LogP contribution in [0, 0.1) is 42.1 Å². The average Bonchev–Trinajstić information content (AvgIpc) is 1.17. The highest BCUT2D eigenvalue weighted by atomic mass is 19.4. The minimum atomic E-state index is -4.95. The molecule has 6 saturated heterocycles. The third kappa shape index (κ3) is 21.3. The lowest BCUT2D eigenvalue weighted by atomic mass is 10.00. The third-order valence-electron chi connectivity index (χ3n) is 25.8. The van der Waals surface area contributed by atoms with Gasteiger partial charge in [-0.25, -0.2) is 17.5 Å². The molecule has 0 aliphatic carbocycles. The van der Waals surface area contributed by atoms with Crippen LogP contribution in [0.2, 0.25) is 0 Å². The Kier molecular flexibility index (Phi) is 28.8. The van der Waals surface area contributed by atoms with Crippen LogP contribution in [-0.4, -0.2) is 273 Å². The topological polar surface area (TPSA) is 237 Å². The van der Waals surface area contributed by atoms with Crippen LogP contribution in [0.5, 0.6) is 23.8 Å². The summed E-state index contributed by atoms with van der Waals surface area (Å²) in [6, 6.07) is 35.3. The number of likely N-dealkylation sites (tertiary alicyclic amines) is 3. The van der Waals surface area contributed by atoms with Crippen molar-refractivity contribution in [1.82, 2.24) is 59.3 Å². The van der Waals surface area contributed by atoms with E-state index in [0.29, 0.717) is 134 Å². The predicted molar refractivity (Wildman–Crippen MR) is 481 cm³/mol. The molecule has 9 aliphatic rings. The predicted octanol–water partition coefficient (Wildman–Crippen LogP) is 11.7. The number of rotatable bonds is 22. The van der Waals surface area contributed by atoms with E-state index in [1.807, 2.05) is 11.9 Å². The Hall–Kier alpha value is -12.4. The lowest BCUT2D eigenvalue weighted by Crippen LogP contribution is -2.56. The summed E-state index contributed by atoms with van der Waals surface area (Å²) in [6.45, 7) is 41.1. The molecule has 28 nitrogen and oxygen atoms in total. The molecule has 32 heteroatoms. The van der Waals surface area contributed by atoms with Gasteiger partial charge in [0.15, 0.2) is 5.75 Å². The number of halogens is 4. The first-order chi connectivity index (χ1) is 61.6. The average molecular weight is 1740 g/mol. The van der Waals surface area contributed by atoms with E-state index in [2.05, 4.69) is 179 Å². The van der Waals surface area contributed by atoms with E-state index in [1.54, 1.807) is 19.6 Å². The second-order valence-corrected chi connectivity index (χ2v) is 34.2. The molecule has 6 atom stereocenters. The van der Waals surface area contributed by atoms with Gasteiger partial charge in [-0.05, 0) is 152 Å². The molecule has 0 bridgehead atoms. The molecule has 3 aromatic heterocycles. The fourth-order valence-electron chi connectivity index (χ4n) is 19.4. The summed E-state index contributed by atoms with van der Waals surface area (Å²) >= 11 is 0. The van der Waals surface area contributed by atoms with Crippen LogP contribution in [0.4, 0.5) is 52.1 Å². The van der Waals surface area contributed by atoms with E-state index in [-0.39, 0.29) is 86.2 Å². The standard InChI is InChI=1S/2C33H39N7O2.C29H33F4N7O3/c2*1-4-31(41)40-18-17-39(21-26(40)19-34-2)32-28-14-16-38(30-13-7-11-25-10-5-6-12-27(25)30)22-29(28)35-33(36-32)42-23-24-9-8-15-37(3)20-24;1-3-26(41)40-14-13-39(16-20(40)8-10-34)27-22-9-12-38(24-15-19(30)6-7-25(24)43-29(31,32)33)17-23(22)35-28(36-27)42-18-21-5-4-11-37(21)2/h2*4-7,10-13,24,26H,1,8-9,14-23H2,3H3;3,6-7,15,20-21H,1,4-5,8-9,11-14,16-18H2,2H3/t2*24-,26?;20?,21-/m100/s1. The zero-order valence-electron chi connectivity index (χ0n) is 72.6. The largest absolute Gasteiger partial charge is 0.573 e. The lowest BCUT2D eigenvalue weighted by molar-refractivity contribution is -0.274. The monoisotopic (exact) mass is 1730 g/mol. The molecule has 9 aliphatic heterocycles. The Labute approximate surface area is 739 Å². The molecule has 0 N–H and O–H groups in total. The first-order valence-electron chi connectivity index (χ1n) is 44.1. The van der Waals surface area contributed by atoms with Crippen molar-refractivity contribution >= 4 is 73.8 Å². The number of ether oxygens (including phenoxy) is 4. The van der Waals surface area contributed by atoms with Crippen LogP contribution in [-0.2, 0) is 53.3 Å². The molecule has 17 rings (SSSR count). The number of hydrogen-bond acceptors (Lipinski definition) is 23. The molecule has 5 aromatic carbocycles. The highest BCUT2D eigenvalue weighted by molar-refractivity contribution is 5.96. The number of hydrogen-bond donors (Lipinski definition) is 0. The Bertz CT molecular complexity index is 5220. The molecule has 0 radical (unpaired) electrons. The van der Waals surface area contributed by atoms with Crippen molar-refractivity contribution in [3.8, 4) is 29.9 Å². The van der Waals surface area contributed by atoms with Crippen LogP contribution >= 0.6 is 0 Å². The number of aromatic nitrogens is 6. The Morgan fingerprint density at radius 2 is 0.890 bits per heavy atom. The molecule has 0 spiro atoms. The summed E-state index contributed by atoms with van der Waals surface area (Å²) in [5.74, 6) is 1.57. The van der Waals surface area contributed by atoms with E-state index in [0.717, 1.165) is 142 Å². The van der Waals surface area contributed by atoms with Gasteiger partial charge in [-0.1, -0.05) is 92.5 Å². The van der Waals surface area contributed by atoms with Crippen molar-refractivity contribution in [2.75, 3.05) is 195 Å². The fourth-order valence-corrected chi connectivity index (χ4v) is 19.4. The normalized spacial score (nSPS) is 21.0. The van der Waals surface area contributed by atoms with Gasteiger partial charge in [-0.2, -0.15) is 35.2 Å². The van der Waals surface area contributed by atoms with Crippen LogP contribution in [0.1, 0.15) is 78.7 Å². The van der Waals surface area contributed by atoms with Gasteiger partial charge in [0.2, 0.25) is 30.8 Å². The van der Waals surface area contributed by atoms with Crippen molar-refractivity contribution in [2.45, 2.75) is 114 Å². The van der Waals surface area contributed by atoms with Gasteiger partial charge >= 0.3 is 24.4 Å². The Balaban J connectivity index is 0.000000147. The summed E-state index contributed by atoms with van der Waals surface area (Å²) < 4.78 is 76.6. The summed E-state index contributed by atoms with van der Waals surface area (Å²) in [5.41, 5.74) is 7.96. The number of carbonyl (C=O) groups is 3. The SMILES string of the molecule is C=CC(=O)N1CCN(c2nc(OC[C@@H]3CCCN3C)nc3c2CCN(c2cc(F)ccc2OC(F)(F)F)C3)CC1CC#N.[C-]#[N+]CC1CN(c2nc(OC[C@@H]3CCCN(C)C3)nc3c2CCN(c2cccc4ccccc24)C3)CCN1C(=O)C=C.[C-]#[N+]CC1CN(c2nc(OC[C@H]3CCCN(C)C3)nc3c2CCN(c2cccc4ccccc24)C3)CCN1C(=O)C=C. The molecule has 3 unspecified atom stereocenters. The number of fused-ring (bicyclic) bond motifs is 5. The summed E-state index contributed by atoms with van der Waals surface area (Å²) in [4.78, 5) is 99.2. The van der Waals surface area contributed by atoms with E-state index in [1.165, 1.54) is 64.0 Å². The highest BCUT2D eigenvalue weighted by Gasteiger charge is 2.41. The maximum atomic E-state index is 14.2. The van der Waals surface area contributed by atoms with E-state index >= 15 is 0 Å². The number of piperazine rings is 3. The molecular weight excluding hydrogens is 1620 g/mol. The minimum absolute atomic E-state index is 0.0381. The van der Waals surface area contributed by atoms with E-state index < -0.39 is 17.9 Å². The number of nitriles is 1. The van der Waals surface area contributed by atoms with Crippen molar-refractivity contribution in [1.29, 1.82) is 5.26 Å². The van der Waals surface area contributed by atoms with Crippen molar-refractivity contribution in [2.24, 2.45) is 11.8 Å². The third-order valence-corrected chi connectivity index (χ3v) is 25.8. The van der Waals surface area contributed by atoms with Crippen LogP contribution in [0.25, 0.3) is 31.2 Å². The van der Waals surface area contributed by atoms with Crippen LogP contribution < -0.4 is 48.3 Å². The highest BCUT2D eigenvalue weighted by Crippen LogP contribution is 2.42. The zero-order chi connectivity index (χ0) is 88.8. The summed E-state index contributed by atoms with van der Waals surface area (Å²) in [6.07, 6.45) is 7.74. The van der Waals surface area contributed by atoms with Gasteiger partial charge in [0.05, 0.1) is 74.1 Å². The number of piperidine rings is 2. The lowest BCUT2D eigenvalue weighted by Gasteiger charge is -2.42. The minimum Gasteiger partial charge on any atom is -0.463 e. The number of benzene rings is 5. The van der Waals surface area contributed by atoms with Gasteiger partial charge in [0.1, 0.15) is 42.0 Å². The zero-order valence-corrected chi connectivity index (χ0v) is 72.6. The summed E-state index contributed by atoms with van der Waals surface area (Å²) in [5, 5.41) is 14.4. The number of anilines is 6. The molecule has 12 heterocycles. The van der Waals surface area contributed by atoms with Gasteiger partial charge in [0, 0.05) is 154 Å². The molecule has 666 valence electrons. The number of nitrogens with zero attached hydrogens (tertiary/aromatic N) is 21. The van der Waals surface area contributed by atoms with Gasteiger partial charge < -0.3 is 87.4 Å². The molecule has 127 heavy (non-hydrogen) atoms. The quantitative estimate of drug-likeness (QED) is 0.0348. The van der Waals surface area contributed by atoms with Gasteiger partial charge in [-0.15, -0.1) is 13.2 Å². The van der Waals surface area contributed by atoms with E-state index in [4.69, 9.17) is 52.3 Å². The smallest absolute Gasteiger partial charge is 0.463 e.